The van der Waals surface area contributed by atoms with E-state index in [-0.39, 0.29) is 48.2 Å². The van der Waals surface area contributed by atoms with E-state index in [9.17, 15) is 14.7 Å². The second-order valence-electron chi connectivity index (χ2n) is 13.6. The SMILES string of the molecule is COc1ccc(C(OC[C@]2(CO)CN(C(C)C)C[C@H](n3cnc4c(=O)[nH]c(NC(=O)C(C)C)nc43)O2)(c2ccccc2)c2ccc(OC)cc2)cc1. The van der Waals surface area contributed by atoms with Gasteiger partial charge in [0.05, 0.1) is 33.8 Å². The van der Waals surface area contributed by atoms with Crippen LogP contribution in [-0.2, 0) is 19.9 Å². The minimum Gasteiger partial charge on any atom is -0.497 e. The van der Waals surface area contributed by atoms with Gasteiger partial charge in [0.15, 0.2) is 11.2 Å². The first-order valence-corrected chi connectivity index (χ1v) is 17.3. The first-order valence-electron chi connectivity index (χ1n) is 17.3. The van der Waals surface area contributed by atoms with Gasteiger partial charge < -0.3 is 24.1 Å². The topological polar surface area (TPSA) is 153 Å². The van der Waals surface area contributed by atoms with E-state index in [0.717, 1.165) is 16.7 Å². The Kier molecular flexibility index (Phi) is 10.8. The first-order chi connectivity index (χ1) is 25.0. The smallest absolute Gasteiger partial charge is 0.280 e. The van der Waals surface area contributed by atoms with Crippen molar-refractivity contribution in [2.75, 3.05) is 45.8 Å². The molecule has 3 heterocycles. The van der Waals surface area contributed by atoms with Crippen LogP contribution in [0.25, 0.3) is 11.2 Å². The lowest BCUT2D eigenvalue weighted by molar-refractivity contribution is -0.232. The number of fused-ring (bicyclic) bond motifs is 1. The van der Waals surface area contributed by atoms with Crippen molar-refractivity contribution in [3.63, 3.8) is 0 Å². The molecule has 2 atom stereocenters. The predicted molar refractivity (Wildman–Crippen MR) is 197 cm³/mol. The molecule has 1 aliphatic rings. The standard InChI is InChI=1S/C39H46N6O7/c1-25(2)35(47)42-37-41-34-33(36(48)43-37)40-24-45(34)32-20-44(26(3)4)21-38(22-46,52-32)23-51-39(27-10-8-7-9-11-27,28-12-16-30(49-5)17-13-28)29-14-18-31(50-6)19-15-29/h7-19,24-26,32,46H,20-23H2,1-6H3,(H2,41,42,43,47,48)/t32-,38-/m1/s1. The molecule has 274 valence electrons. The Labute approximate surface area is 302 Å². The largest absolute Gasteiger partial charge is 0.497 e. The number of carbonyl (C=O) groups excluding carboxylic acids is 1. The van der Waals surface area contributed by atoms with Gasteiger partial charge in [-0.25, -0.2) is 4.98 Å². The number of ether oxygens (including phenoxy) is 4. The maximum absolute atomic E-state index is 13.1. The molecule has 1 saturated heterocycles. The molecule has 1 amide bonds. The van der Waals surface area contributed by atoms with Crippen molar-refractivity contribution in [3.05, 3.63) is 112 Å². The summed E-state index contributed by atoms with van der Waals surface area (Å²) >= 11 is 0. The molecule has 1 aliphatic heterocycles. The maximum Gasteiger partial charge on any atom is 0.280 e. The molecular weight excluding hydrogens is 664 g/mol. The van der Waals surface area contributed by atoms with Gasteiger partial charge in [-0.3, -0.25) is 29.4 Å². The van der Waals surface area contributed by atoms with Crippen molar-refractivity contribution in [2.45, 2.75) is 51.2 Å². The Morgan fingerprint density at radius 2 is 1.58 bits per heavy atom. The average molecular weight is 711 g/mol. The third-order valence-electron chi connectivity index (χ3n) is 9.52. The molecule has 0 saturated carbocycles. The van der Waals surface area contributed by atoms with Crippen molar-refractivity contribution >= 4 is 23.0 Å². The molecule has 6 rings (SSSR count). The van der Waals surface area contributed by atoms with E-state index in [1.165, 1.54) is 6.33 Å². The second kappa shape index (κ2) is 15.3. The molecule has 0 bridgehead atoms. The van der Waals surface area contributed by atoms with Gasteiger partial charge in [0.2, 0.25) is 11.9 Å². The zero-order chi connectivity index (χ0) is 37.0. The summed E-state index contributed by atoms with van der Waals surface area (Å²) in [5, 5.41) is 13.9. The Balaban J connectivity index is 1.44. The summed E-state index contributed by atoms with van der Waals surface area (Å²) < 4.78 is 26.7. The Morgan fingerprint density at radius 1 is 0.981 bits per heavy atom. The molecule has 1 fully saturated rings. The number of nitrogens with one attached hydrogen (secondary N) is 2. The number of methoxy groups -OCH3 is 2. The highest BCUT2D eigenvalue weighted by Gasteiger charge is 2.47. The van der Waals surface area contributed by atoms with Gasteiger partial charge in [-0.05, 0) is 54.8 Å². The van der Waals surface area contributed by atoms with Crippen LogP contribution in [0.3, 0.4) is 0 Å². The van der Waals surface area contributed by atoms with Crippen molar-refractivity contribution < 1.29 is 28.8 Å². The van der Waals surface area contributed by atoms with Crippen LogP contribution < -0.4 is 20.3 Å². The summed E-state index contributed by atoms with van der Waals surface area (Å²) in [6, 6.07) is 25.5. The number of hydrogen-bond acceptors (Lipinski definition) is 10. The number of hydrogen-bond donors (Lipinski definition) is 3. The van der Waals surface area contributed by atoms with Gasteiger partial charge in [-0.1, -0.05) is 68.4 Å². The van der Waals surface area contributed by atoms with E-state index in [2.05, 4.69) is 39.0 Å². The molecule has 2 aromatic heterocycles. The first kappa shape index (κ1) is 36.7. The van der Waals surface area contributed by atoms with E-state index < -0.39 is 23.0 Å². The van der Waals surface area contributed by atoms with E-state index >= 15 is 0 Å². The second-order valence-corrected chi connectivity index (χ2v) is 13.6. The normalized spacial score (nSPS) is 18.2. The molecule has 5 aromatic rings. The van der Waals surface area contributed by atoms with Gasteiger partial charge in [-0.15, -0.1) is 0 Å². The molecule has 3 aromatic carbocycles. The number of imidazole rings is 1. The fourth-order valence-electron chi connectivity index (χ4n) is 6.52. The molecule has 3 N–H and O–H groups in total. The number of nitrogens with zero attached hydrogens (tertiary/aromatic N) is 4. The van der Waals surface area contributed by atoms with Crippen molar-refractivity contribution in [3.8, 4) is 11.5 Å². The van der Waals surface area contributed by atoms with Crippen molar-refractivity contribution in [1.29, 1.82) is 0 Å². The Hall–Kier alpha value is -5.08. The molecule has 0 radical (unpaired) electrons. The van der Waals surface area contributed by atoms with Crippen LogP contribution in [0.5, 0.6) is 11.5 Å². The van der Waals surface area contributed by atoms with E-state index in [1.807, 2.05) is 78.9 Å². The fraction of sp³-hybridized carbons (Fsp3) is 0.385. The minimum absolute atomic E-state index is 0.0119. The highest BCUT2D eigenvalue weighted by atomic mass is 16.6. The molecule has 52 heavy (non-hydrogen) atoms. The number of carbonyl (C=O) groups is 1. The number of benzene rings is 3. The van der Waals surface area contributed by atoms with Gasteiger partial charge in [0.1, 0.15) is 28.9 Å². The number of aliphatic hydroxyl groups excluding tert-OH is 1. The number of morpholine rings is 1. The number of amides is 1. The summed E-state index contributed by atoms with van der Waals surface area (Å²) in [5.74, 6) is 0.796. The summed E-state index contributed by atoms with van der Waals surface area (Å²) in [6.45, 7) is 7.99. The number of aromatic nitrogens is 4. The Bertz CT molecular complexity index is 1980. The van der Waals surface area contributed by atoms with Gasteiger partial charge in [0, 0.05) is 25.0 Å². The highest BCUT2D eigenvalue weighted by Crippen LogP contribution is 2.43. The van der Waals surface area contributed by atoms with Crippen molar-refractivity contribution in [1.82, 2.24) is 24.4 Å². The number of H-pyrrole nitrogens is 1. The van der Waals surface area contributed by atoms with Gasteiger partial charge in [0.25, 0.3) is 5.56 Å². The van der Waals surface area contributed by atoms with E-state index in [0.29, 0.717) is 24.6 Å². The quantitative estimate of drug-likeness (QED) is 0.147. The number of aliphatic hydroxyl groups is 1. The summed E-state index contributed by atoms with van der Waals surface area (Å²) in [4.78, 5) is 39.2. The van der Waals surface area contributed by atoms with Crippen LogP contribution in [0.1, 0.15) is 50.6 Å². The monoisotopic (exact) mass is 710 g/mol. The van der Waals surface area contributed by atoms with Crippen LogP contribution in [-0.4, -0.2) is 87.6 Å². The van der Waals surface area contributed by atoms with Crippen LogP contribution in [0.4, 0.5) is 5.95 Å². The van der Waals surface area contributed by atoms with Crippen LogP contribution in [0.15, 0.2) is 90.0 Å². The lowest BCUT2D eigenvalue weighted by Crippen LogP contribution is -2.60. The summed E-state index contributed by atoms with van der Waals surface area (Å²) in [7, 11) is 3.25. The van der Waals surface area contributed by atoms with Crippen LogP contribution in [0, 0.1) is 5.92 Å². The Morgan fingerprint density at radius 3 is 2.12 bits per heavy atom. The molecule has 13 nitrogen and oxygen atoms in total. The molecule has 0 spiro atoms. The van der Waals surface area contributed by atoms with Crippen molar-refractivity contribution in [2.24, 2.45) is 5.92 Å². The fourth-order valence-corrected chi connectivity index (χ4v) is 6.52. The maximum atomic E-state index is 13.1. The lowest BCUT2D eigenvalue weighted by Gasteiger charge is -2.48. The van der Waals surface area contributed by atoms with Crippen LogP contribution in [0.2, 0.25) is 0 Å². The zero-order valence-corrected chi connectivity index (χ0v) is 30.3. The third-order valence-corrected chi connectivity index (χ3v) is 9.52. The van der Waals surface area contributed by atoms with Gasteiger partial charge >= 0.3 is 0 Å². The summed E-state index contributed by atoms with van der Waals surface area (Å²) in [6.07, 6.45) is 0.773. The number of rotatable bonds is 13. The van der Waals surface area contributed by atoms with E-state index in [4.69, 9.17) is 18.9 Å². The minimum atomic E-state index is -1.24. The summed E-state index contributed by atoms with van der Waals surface area (Å²) in [5.41, 5.74) is -0.00690. The highest BCUT2D eigenvalue weighted by molar-refractivity contribution is 5.91. The number of anilines is 1. The predicted octanol–water partition coefficient (Wildman–Crippen LogP) is 4.71. The molecule has 13 heteroatoms. The zero-order valence-electron chi connectivity index (χ0n) is 30.3. The number of aromatic amines is 1. The van der Waals surface area contributed by atoms with Crippen LogP contribution >= 0.6 is 0 Å². The lowest BCUT2D eigenvalue weighted by atomic mass is 9.79. The average Bonchev–Trinajstić information content (AvgIpc) is 3.60. The molecule has 0 unspecified atom stereocenters. The molecular formula is C39H46N6O7. The molecule has 0 aliphatic carbocycles. The third kappa shape index (κ3) is 7.17. The van der Waals surface area contributed by atoms with E-state index in [1.54, 1.807) is 32.6 Å². The van der Waals surface area contributed by atoms with Gasteiger partial charge in [-0.2, -0.15) is 4.98 Å².